The van der Waals surface area contributed by atoms with Crippen LogP contribution in [0.25, 0.3) is 0 Å². The summed E-state index contributed by atoms with van der Waals surface area (Å²) in [5.74, 6) is -2.77. The van der Waals surface area contributed by atoms with Gasteiger partial charge in [0.2, 0.25) is 0 Å². The van der Waals surface area contributed by atoms with Crippen LogP contribution >= 0.6 is 0 Å². The predicted octanol–water partition coefficient (Wildman–Crippen LogP) is 0.397. The lowest BCUT2D eigenvalue weighted by Gasteiger charge is -2.04. The third-order valence-electron chi connectivity index (χ3n) is 2.46. The average molecular weight is 322 g/mol. The Morgan fingerprint density at radius 2 is 1.60 bits per heavy atom. The molecular weight excluding hydrogens is 307 g/mol. The van der Waals surface area contributed by atoms with E-state index < -0.39 is 48.5 Å². The van der Waals surface area contributed by atoms with Gasteiger partial charge in [-0.25, -0.2) is 21.2 Å². The summed E-state index contributed by atoms with van der Waals surface area (Å²) in [4.78, 5) is 11.6. The van der Waals surface area contributed by atoms with Crippen LogP contribution in [0.5, 0.6) is 0 Å². The minimum atomic E-state index is -3.75. The zero-order chi connectivity index (χ0) is 15.4. The molecule has 0 aliphatic rings. The van der Waals surface area contributed by atoms with E-state index in [9.17, 15) is 26.0 Å². The van der Waals surface area contributed by atoms with Gasteiger partial charge in [0, 0.05) is 12.7 Å². The summed E-state index contributed by atoms with van der Waals surface area (Å²) in [5, 5.41) is 0. The minimum Gasteiger partial charge on any atom is -0.298 e. The van der Waals surface area contributed by atoms with E-state index >= 15 is 0 Å². The third kappa shape index (κ3) is 6.76. The van der Waals surface area contributed by atoms with Crippen LogP contribution in [0, 0.1) is 5.82 Å². The highest BCUT2D eigenvalue weighted by molar-refractivity contribution is 7.95. The number of benzene rings is 1. The fourth-order valence-corrected chi connectivity index (χ4v) is 4.44. The van der Waals surface area contributed by atoms with Gasteiger partial charge in [0.05, 0.1) is 11.5 Å². The normalized spacial score (nSPS) is 12.3. The number of Topliss-reactive ketones (excluding diaryl/α,β-unsaturated/α-hetero) is 1. The van der Waals surface area contributed by atoms with E-state index in [0.29, 0.717) is 5.56 Å². The molecule has 0 fully saturated rings. The quantitative estimate of drug-likeness (QED) is 0.725. The van der Waals surface area contributed by atoms with Gasteiger partial charge < -0.3 is 0 Å². The Hall–Kier alpha value is -1.28. The number of sulfone groups is 2. The second-order valence-electron chi connectivity index (χ2n) is 4.56. The van der Waals surface area contributed by atoms with Gasteiger partial charge >= 0.3 is 0 Å². The molecule has 0 amide bonds. The van der Waals surface area contributed by atoms with Gasteiger partial charge in [-0.15, -0.1) is 0 Å². The van der Waals surface area contributed by atoms with Crippen molar-refractivity contribution in [3.05, 3.63) is 35.6 Å². The molecule has 0 unspecified atom stereocenters. The molecule has 0 radical (unpaired) electrons. The first-order chi connectivity index (χ1) is 9.07. The highest BCUT2D eigenvalue weighted by Gasteiger charge is 2.19. The summed E-state index contributed by atoms with van der Waals surface area (Å²) in [5.41, 5.74) is 0.509. The van der Waals surface area contributed by atoms with Gasteiger partial charge in [-0.1, -0.05) is 12.1 Å². The van der Waals surface area contributed by atoms with Crippen LogP contribution in [0.2, 0.25) is 0 Å². The van der Waals surface area contributed by atoms with Gasteiger partial charge in [0.15, 0.2) is 15.6 Å². The largest absolute Gasteiger partial charge is 0.298 e. The van der Waals surface area contributed by atoms with E-state index in [0.717, 1.165) is 6.26 Å². The molecule has 0 atom stereocenters. The molecule has 1 rings (SSSR count). The molecule has 8 heteroatoms. The maximum absolute atomic E-state index is 12.7. The van der Waals surface area contributed by atoms with E-state index in [1.54, 1.807) is 0 Å². The maximum atomic E-state index is 12.7. The molecule has 112 valence electrons. The second kappa shape index (κ2) is 6.45. The summed E-state index contributed by atoms with van der Waals surface area (Å²) < 4.78 is 57.6. The first kappa shape index (κ1) is 16.8. The molecule has 0 saturated heterocycles. The van der Waals surface area contributed by atoms with Crippen molar-refractivity contribution in [3.63, 3.8) is 0 Å². The van der Waals surface area contributed by atoms with Crippen molar-refractivity contribution in [2.75, 3.05) is 23.5 Å². The topological polar surface area (TPSA) is 85.3 Å². The molecule has 20 heavy (non-hydrogen) atoms. The SMILES string of the molecule is CS(=O)(=O)CCS(=O)(=O)CC(=O)Cc1ccc(F)cc1. The van der Waals surface area contributed by atoms with Crippen molar-refractivity contribution in [1.82, 2.24) is 0 Å². The summed E-state index contributed by atoms with van der Waals surface area (Å²) in [6, 6.07) is 5.16. The highest BCUT2D eigenvalue weighted by atomic mass is 32.2. The molecular formula is C12H15FO5S2. The fraction of sp³-hybridized carbons (Fsp3) is 0.417. The van der Waals surface area contributed by atoms with Crippen molar-refractivity contribution in [1.29, 1.82) is 0 Å². The van der Waals surface area contributed by atoms with Crippen LogP contribution in [0.1, 0.15) is 5.56 Å². The van der Waals surface area contributed by atoms with Crippen molar-refractivity contribution in [2.24, 2.45) is 0 Å². The number of ketones is 1. The highest BCUT2D eigenvalue weighted by Crippen LogP contribution is 2.05. The van der Waals surface area contributed by atoms with Crippen LogP contribution in [-0.4, -0.2) is 46.1 Å². The van der Waals surface area contributed by atoms with Crippen molar-refractivity contribution >= 4 is 25.5 Å². The van der Waals surface area contributed by atoms with Gasteiger partial charge in [0.1, 0.15) is 21.4 Å². The molecule has 0 saturated carbocycles. The second-order valence-corrected chi connectivity index (χ2v) is 9.01. The number of rotatable bonds is 7. The number of carbonyl (C=O) groups excluding carboxylic acids is 1. The molecule has 0 aliphatic carbocycles. The number of hydrogen-bond acceptors (Lipinski definition) is 5. The summed E-state index contributed by atoms with van der Waals surface area (Å²) in [6.45, 7) is 0. The smallest absolute Gasteiger partial charge is 0.158 e. The molecule has 0 aromatic heterocycles. The monoisotopic (exact) mass is 322 g/mol. The Balaban J connectivity index is 2.59. The van der Waals surface area contributed by atoms with Crippen LogP contribution in [0.15, 0.2) is 24.3 Å². The molecule has 5 nitrogen and oxygen atoms in total. The van der Waals surface area contributed by atoms with Gasteiger partial charge in [-0.2, -0.15) is 0 Å². The molecule has 0 heterocycles. The molecule has 1 aromatic rings. The van der Waals surface area contributed by atoms with E-state index in [1.165, 1.54) is 24.3 Å². The zero-order valence-electron chi connectivity index (χ0n) is 10.9. The molecule has 0 bridgehead atoms. The Bertz CT molecular complexity index is 675. The first-order valence-corrected chi connectivity index (χ1v) is 9.60. The molecule has 1 aromatic carbocycles. The van der Waals surface area contributed by atoms with Crippen LogP contribution in [-0.2, 0) is 30.9 Å². The zero-order valence-corrected chi connectivity index (χ0v) is 12.5. The van der Waals surface area contributed by atoms with E-state index in [1.807, 2.05) is 0 Å². The lowest BCUT2D eigenvalue weighted by Crippen LogP contribution is -2.24. The van der Waals surface area contributed by atoms with Crippen LogP contribution < -0.4 is 0 Å². The van der Waals surface area contributed by atoms with Gasteiger partial charge in [-0.05, 0) is 17.7 Å². The predicted molar refractivity (Wildman–Crippen MR) is 73.5 cm³/mol. The minimum absolute atomic E-state index is 0.127. The third-order valence-corrected chi connectivity index (χ3v) is 5.25. The van der Waals surface area contributed by atoms with Crippen LogP contribution in [0.4, 0.5) is 4.39 Å². The summed E-state index contributed by atoms with van der Waals surface area (Å²) in [7, 11) is -7.13. The Morgan fingerprint density at radius 1 is 1.05 bits per heavy atom. The molecule has 0 spiro atoms. The fourth-order valence-electron chi connectivity index (χ4n) is 1.48. The van der Waals surface area contributed by atoms with Gasteiger partial charge in [-0.3, -0.25) is 4.79 Å². The van der Waals surface area contributed by atoms with Crippen molar-refractivity contribution < 1.29 is 26.0 Å². The molecule has 0 N–H and O–H groups in total. The summed E-state index contributed by atoms with van der Waals surface area (Å²) >= 11 is 0. The maximum Gasteiger partial charge on any atom is 0.158 e. The average Bonchev–Trinajstić information content (AvgIpc) is 2.28. The van der Waals surface area contributed by atoms with Crippen LogP contribution in [0.3, 0.4) is 0 Å². The summed E-state index contributed by atoms with van der Waals surface area (Å²) in [6.07, 6.45) is 0.807. The lowest BCUT2D eigenvalue weighted by molar-refractivity contribution is -0.116. The number of halogens is 1. The number of hydrogen-bond donors (Lipinski definition) is 0. The number of carbonyl (C=O) groups is 1. The van der Waals surface area contributed by atoms with E-state index in [4.69, 9.17) is 0 Å². The van der Waals surface area contributed by atoms with Crippen molar-refractivity contribution in [3.8, 4) is 0 Å². The van der Waals surface area contributed by atoms with E-state index in [-0.39, 0.29) is 6.42 Å². The standard InChI is InChI=1S/C12H15FO5S2/c1-19(15,16)6-7-20(17,18)9-12(14)8-10-2-4-11(13)5-3-10/h2-5H,6-9H2,1H3. The first-order valence-electron chi connectivity index (χ1n) is 5.72. The van der Waals surface area contributed by atoms with Gasteiger partial charge in [0.25, 0.3) is 0 Å². The molecule has 0 aliphatic heterocycles. The van der Waals surface area contributed by atoms with E-state index in [2.05, 4.69) is 0 Å². The Kier molecular flexibility index (Phi) is 5.41. The Labute approximate surface area is 117 Å². The van der Waals surface area contributed by atoms with Crippen molar-refractivity contribution in [2.45, 2.75) is 6.42 Å². The lowest BCUT2D eigenvalue weighted by atomic mass is 10.1. The Morgan fingerprint density at radius 3 is 2.10 bits per heavy atom.